The van der Waals surface area contributed by atoms with E-state index in [4.69, 9.17) is 4.74 Å². The van der Waals surface area contributed by atoms with Gasteiger partial charge in [0.2, 0.25) is 0 Å². The molecule has 0 aliphatic rings. The summed E-state index contributed by atoms with van der Waals surface area (Å²) in [7, 11) is 0. The molecule has 2 rings (SSSR count). The fraction of sp³-hybridized carbons (Fsp3) is 0.0714. The lowest BCUT2D eigenvalue weighted by molar-refractivity contribution is -0.384. The molecule has 108 valence electrons. The molecule has 0 bridgehead atoms. The molecule has 0 atom stereocenters. The number of nitro groups is 1. The van der Waals surface area contributed by atoms with Crippen molar-refractivity contribution in [3.63, 3.8) is 0 Å². The number of anilines is 1. The largest absolute Gasteiger partial charge is 0.484 e. The second kappa shape index (κ2) is 6.85. The van der Waals surface area contributed by atoms with Gasteiger partial charge in [-0.05, 0) is 24.3 Å². The monoisotopic (exact) mass is 350 g/mol. The zero-order valence-corrected chi connectivity index (χ0v) is 12.4. The summed E-state index contributed by atoms with van der Waals surface area (Å²) in [4.78, 5) is 21.8. The van der Waals surface area contributed by atoms with Crippen LogP contribution in [0.1, 0.15) is 0 Å². The maximum atomic E-state index is 11.7. The van der Waals surface area contributed by atoms with E-state index in [0.29, 0.717) is 5.69 Å². The van der Waals surface area contributed by atoms with Crippen LogP contribution in [0.3, 0.4) is 0 Å². The molecule has 21 heavy (non-hydrogen) atoms. The van der Waals surface area contributed by atoms with E-state index in [0.717, 1.165) is 4.47 Å². The van der Waals surface area contributed by atoms with Gasteiger partial charge in [-0.2, -0.15) is 0 Å². The van der Waals surface area contributed by atoms with Gasteiger partial charge in [-0.3, -0.25) is 14.9 Å². The minimum absolute atomic E-state index is 0.0834. The number of nitrogens with one attached hydrogen (secondary N) is 1. The second-order valence-electron chi connectivity index (χ2n) is 4.10. The fourth-order valence-electron chi connectivity index (χ4n) is 1.60. The smallest absolute Gasteiger partial charge is 0.273 e. The van der Waals surface area contributed by atoms with Gasteiger partial charge < -0.3 is 10.1 Å². The third-order valence-electron chi connectivity index (χ3n) is 2.51. The van der Waals surface area contributed by atoms with E-state index in [1.807, 2.05) is 6.07 Å². The topological polar surface area (TPSA) is 81.5 Å². The van der Waals surface area contributed by atoms with Crippen molar-refractivity contribution in [3.05, 3.63) is 63.1 Å². The zero-order chi connectivity index (χ0) is 15.2. The molecule has 0 spiro atoms. The van der Waals surface area contributed by atoms with Gasteiger partial charge in [-0.1, -0.05) is 28.1 Å². The molecule has 2 aromatic carbocycles. The molecule has 7 heteroatoms. The van der Waals surface area contributed by atoms with Crippen molar-refractivity contribution in [1.82, 2.24) is 0 Å². The summed E-state index contributed by atoms with van der Waals surface area (Å²) in [6.07, 6.45) is 0. The molecule has 0 saturated carbocycles. The summed E-state index contributed by atoms with van der Waals surface area (Å²) in [6.45, 7) is -0.228. The first kappa shape index (κ1) is 15.0. The first-order chi connectivity index (χ1) is 10.0. The van der Waals surface area contributed by atoms with E-state index in [1.165, 1.54) is 18.2 Å². The van der Waals surface area contributed by atoms with Gasteiger partial charge in [0.05, 0.1) is 11.0 Å². The molecule has 1 amide bonds. The van der Waals surface area contributed by atoms with E-state index >= 15 is 0 Å². The van der Waals surface area contributed by atoms with Crippen molar-refractivity contribution >= 4 is 33.2 Å². The van der Waals surface area contributed by atoms with Crippen LogP contribution in [0.5, 0.6) is 5.75 Å². The van der Waals surface area contributed by atoms with Gasteiger partial charge in [0.25, 0.3) is 11.6 Å². The quantitative estimate of drug-likeness (QED) is 0.661. The number of halogens is 1. The van der Waals surface area contributed by atoms with E-state index in [2.05, 4.69) is 21.2 Å². The summed E-state index contributed by atoms with van der Waals surface area (Å²) in [5.74, 6) is -0.0757. The Bertz CT molecular complexity index is 676. The molecule has 0 aromatic heterocycles. The standard InChI is InChI=1S/C14H11BrN2O4/c15-10-3-1-4-11(7-10)16-14(18)9-21-13-6-2-5-12(8-13)17(19)20/h1-8H,9H2,(H,16,18). The van der Waals surface area contributed by atoms with Gasteiger partial charge in [0, 0.05) is 16.2 Å². The van der Waals surface area contributed by atoms with E-state index in [-0.39, 0.29) is 24.0 Å². The molecular formula is C14H11BrN2O4. The normalized spacial score (nSPS) is 9.95. The van der Waals surface area contributed by atoms with Gasteiger partial charge in [-0.15, -0.1) is 0 Å². The molecule has 0 unspecified atom stereocenters. The van der Waals surface area contributed by atoms with E-state index < -0.39 is 4.92 Å². The number of nitrogens with zero attached hydrogens (tertiary/aromatic N) is 1. The third kappa shape index (κ3) is 4.57. The maximum absolute atomic E-state index is 11.7. The van der Waals surface area contributed by atoms with Crippen LogP contribution in [0.2, 0.25) is 0 Å². The number of hydrogen-bond donors (Lipinski definition) is 1. The highest BCUT2D eigenvalue weighted by molar-refractivity contribution is 9.10. The highest BCUT2D eigenvalue weighted by Crippen LogP contribution is 2.19. The van der Waals surface area contributed by atoms with Crippen LogP contribution >= 0.6 is 15.9 Å². The van der Waals surface area contributed by atoms with Crippen molar-refractivity contribution < 1.29 is 14.5 Å². The summed E-state index contributed by atoms with van der Waals surface area (Å²) < 4.78 is 6.08. The van der Waals surface area contributed by atoms with Crippen molar-refractivity contribution in [2.75, 3.05) is 11.9 Å². The molecule has 0 saturated heterocycles. The number of non-ortho nitro benzene ring substituents is 1. The summed E-state index contributed by atoms with van der Waals surface area (Å²) in [6, 6.07) is 12.8. The Morgan fingerprint density at radius 3 is 2.71 bits per heavy atom. The fourth-order valence-corrected chi connectivity index (χ4v) is 2.00. The van der Waals surface area contributed by atoms with Crippen LogP contribution in [0.4, 0.5) is 11.4 Å². The molecule has 6 nitrogen and oxygen atoms in total. The molecule has 0 heterocycles. The van der Waals surface area contributed by atoms with Crippen LogP contribution in [0.25, 0.3) is 0 Å². The first-order valence-electron chi connectivity index (χ1n) is 5.97. The van der Waals surface area contributed by atoms with E-state index in [1.54, 1.807) is 24.3 Å². The number of benzene rings is 2. The molecule has 0 fully saturated rings. The van der Waals surface area contributed by atoms with Crippen molar-refractivity contribution in [2.24, 2.45) is 0 Å². The summed E-state index contributed by atoms with van der Waals surface area (Å²) >= 11 is 3.30. The average Bonchev–Trinajstić information content (AvgIpc) is 2.45. The van der Waals surface area contributed by atoms with Gasteiger partial charge in [0.15, 0.2) is 6.61 Å². The highest BCUT2D eigenvalue weighted by atomic mass is 79.9. The lowest BCUT2D eigenvalue weighted by Gasteiger charge is -2.07. The Balaban J connectivity index is 1.92. The Labute approximate surface area is 129 Å². The maximum Gasteiger partial charge on any atom is 0.273 e. The lowest BCUT2D eigenvalue weighted by Crippen LogP contribution is -2.20. The van der Waals surface area contributed by atoms with Crippen LogP contribution in [0, 0.1) is 10.1 Å². The molecule has 0 radical (unpaired) electrons. The van der Waals surface area contributed by atoms with Gasteiger partial charge >= 0.3 is 0 Å². The third-order valence-corrected chi connectivity index (χ3v) is 3.00. The minimum Gasteiger partial charge on any atom is -0.484 e. The second-order valence-corrected chi connectivity index (χ2v) is 5.02. The number of carbonyl (C=O) groups is 1. The predicted octanol–water partition coefficient (Wildman–Crippen LogP) is 3.37. The van der Waals surface area contributed by atoms with Crippen molar-refractivity contribution in [1.29, 1.82) is 0 Å². The number of amides is 1. The lowest BCUT2D eigenvalue weighted by atomic mass is 10.3. The number of hydrogen-bond acceptors (Lipinski definition) is 4. The van der Waals surface area contributed by atoms with Gasteiger partial charge in [-0.25, -0.2) is 0 Å². The highest BCUT2D eigenvalue weighted by Gasteiger charge is 2.08. The average molecular weight is 351 g/mol. The Morgan fingerprint density at radius 2 is 2.00 bits per heavy atom. The molecular weight excluding hydrogens is 340 g/mol. The molecule has 0 aliphatic carbocycles. The van der Waals surface area contributed by atoms with Crippen molar-refractivity contribution in [3.8, 4) is 5.75 Å². The Hall–Kier alpha value is -2.41. The molecule has 0 aliphatic heterocycles. The van der Waals surface area contributed by atoms with Crippen LogP contribution < -0.4 is 10.1 Å². The number of nitro benzene ring substituents is 1. The first-order valence-corrected chi connectivity index (χ1v) is 6.76. The van der Waals surface area contributed by atoms with Crippen LogP contribution in [0.15, 0.2) is 53.0 Å². The zero-order valence-electron chi connectivity index (χ0n) is 10.8. The SMILES string of the molecule is O=C(COc1cccc([N+](=O)[O-])c1)Nc1cccc(Br)c1. The van der Waals surface area contributed by atoms with E-state index in [9.17, 15) is 14.9 Å². The molecule has 1 N–H and O–H groups in total. The van der Waals surface area contributed by atoms with Crippen molar-refractivity contribution in [2.45, 2.75) is 0 Å². The Morgan fingerprint density at radius 1 is 1.24 bits per heavy atom. The minimum atomic E-state index is -0.519. The summed E-state index contributed by atoms with van der Waals surface area (Å²) in [5, 5.41) is 13.3. The molecule has 2 aromatic rings. The van der Waals surface area contributed by atoms with Crippen LogP contribution in [-0.4, -0.2) is 17.4 Å². The number of ether oxygens (including phenoxy) is 1. The predicted molar refractivity (Wildman–Crippen MR) is 81.4 cm³/mol. The summed E-state index contributed by atoms with van der Waals surface area (Å²) in [5.41, 5.74) is 0.553. The Kier molecular flexibility index (Phi) is 4.89. The van der Waals surface area contributed by atoms with Crippen LogP contribution in [-0.2, 0) is 4.79 Å². The number of carbonyl (C=O) groups excluding carboxylic acids is 1. The number of rotatable bonds is 5. The van der Waals surface area contributed by atoms with Gasteiger partial charge in [0.1, 0.15) is 5.75 Å².